The number of rotatable bonds is 3. The number of methoxy groups -OCH3 is 2. The number of nitrogens with one attached hydrogen (secondary N) is 1. The summed E-state index contributed by atoms with van der Waals surface area (Å²) in [4.78, 5) is 4.40. The molecule has 0 saturated carbocycles. The summed E-state index contributed by atoms with van der Waals surface area (Å²) >= 11 is 1.57. The highest BCUT2D eigenvalue weighted by Crippen LogP contribution is 2.35. The minimum absolute atomic E-state index is 0.738. The zero-order chi connectivity index (χ0) is 10.8. The van der Waals surface area contributed by atoms with Crippen LogP contribution in [0.5, 0.6) is 11.5 Å². The first kappa shape index (κ1) is 10.0. The van der Waals surface area contributed by atoms with Crippen molar-refractivity contribution in [3.05, 3.63) is 12.1 Å². The fraction of sp³-hybridized carbons (Fsp3) is 0.300. The maximum absolute atomic E-state index is 5.26. The van der Waals surface area contributed by atoms with Crippen LogP contribution in [0.25, 0.3) is 10.2 Å². The number of hydrogen-bond donors (Lipinski definition) is 1. The van der Waals surface area contributed by atoms with Crippen LogP contribution in [0.2, 0.25) is 0 Å². The molecular formula is C10H12N2O2S. The van der Waals surface area contributed by atoms with Crippen molar-refractivity contribution in [2.45, 2.75) is 0 Å². The molecule has 1 aromatic carbocycles. The van der Waals surface area contributed by atoms with Gasteiger partial charge < -0.3 is 14.8 Å². The van der Waals surface area contributed by atoms with Crippen LogP contribution in [0, 0.1) is 0 Å². The SMILES string of the molecule is CNc1nc2c(OC)cc(OC)cc2s1. The van der Waals surface area contributed by atoms with Crippen LogP contribution >= 0.6 is 11.3 Å². The minimum atomic E-state index is 0.738. The van der Waals surface area contributed by atoms with E-state index in [0.717, 1.165) is 26.8 Å². The summed E-state index contributed by atoms with van der Waals surface area (Å²) < 4.78 is 11.5. The normalized spacial score (nSPS) is 10.3. The van der Waals surface area contributed by atoms with Gasteiger partial charge in [0.25, 0.3) is 0 Å². The first-order valence-electron chi connectivity index (χ1n) is 4.48. The number of nitrogens with zero attached hydrogens (tertiary/aromatic N) is 1. The Hall–Kier alpha value is -1.49. The van der Waals surface area contributed by atoms with Crippen molar-refractivity contribution in [2.24, 2.45) is 0 Å². The molecule has 4 nitrogen and oxygen atoms in total. The van der Waals surface area contributed by atoms with E-state index in [1.165, 1.54) is 0 Å². The van der Waals surface area contributed by atoms with Crippen LogP contribution in [0.1, 0.15) is 0 Å². The highest BCUT2D eigenvalue weighted by molar-refractivity contribution is 7.22. The van der Waals surface area contributed by atoms with E-state index < -0.39 is 0 Å². The van der Waals surface area contributed by atoms with Crippen molar-refractivity contribution in [3.8, 4) is 11.5 Å². The first-order chi connectivity index (χ1) is 7.28. The summed E-state index contributed by atoms with van der Waals surface area (Å²) in [5, 5.41) is 3.89. The van der Waals surface area contributed by atoms with Crippen molar-refractivity contribution in [2.75, 3.05) is 26.6 Å². The molecule has 0 fully saturated rings. The van der Waals surface area contributed by atoms with Gasteiger partial charge in [-0.25, -0.2) is 4.98 Å². The number of thiazole rings is 1. The molecule has 0 saturated heterocycles. The Morgan fingerprint density at radius 2 is 2.07 bits per heavy atom. The van der Waals surface area contributed by atoms with Crippen LogP contribution in [0.3, 0.4) is 0 Å². The third kappa shape index (κ3) is 1.70. The van der Waals surface area contributed by atoms with Gasteiger partial charge >= 0.3 is 0 Å². The van der Waals surface area contributed by atoms with Crippen molar-refractivity contribution < 1.29 is 9.47 Å². The van der Waals surface area contributed by atoms with Crippen LogP contribution in [0.15, 0.2) is 12.1 Å². The maximum Gasteiger partial charge on any atom is 0.183 e. The summed E-state index contributed by atoms with van der Waals surface area (Å²) in [5.74, 6) is 1.52. The maximum atomic E-state index is 5.26. The van der Waals surface area contributed by atoms with Gasteiger partial charge in [-0.1, -0.05) is 11.3 Å². The molecule has 15 heavy (non-hydrogen) atoms. The van der Waals surface area contributed by atoms with Crippen molar-refractivity contribution in [3.63, 3.8) is 0 Å². The lowest BCUT2D eigenvalue weighted by Crippen LogP contribution is -1.88. The van der Waals surface area contributed by atoms with E-state index in [-0.39, 0.29) is 0 Å². The number of hydrogen-bond acceptors (Lipinski definition) is 5. The van der Waals surface area contributed by atoms with Gasteiger partial charge in [0, 0.05) is 13.1 Å². The molecular weight excluding hydrogens is 212 g/mol. The quantitative estimate of drug-likeness (QED) is 0.869. The van der Waals surface area contributed by atoms with E-state index in [0.29, 0.717) is 0 Å². The zero-order valence-corrected chi connectivity index (χ0v) is 9.64. The molecule has 5 heteroatoms. The molecule has 1 N–H and O–H groups in total. The summed E-state index contributed by atoms with van der Waals surface area (Å²) in [6.07, 6.45) is 0. The van der Waals surface area contributed by atoms with Gasteiger partial charge in [-0.05, 0) is 6.07 Å². The molecule has 0 aliphatic carbocycles. The Morgan fingerprint density at radius 1 is 1.27 bits per heavy atom. The highest BCUT2D eigenvalue weighted by atomic mass is 32.1. The highest BCUT2D eigenvalue weighted by Gasteiger charge is 2.10. The van der Waals surface area contributed by atoms with Crippen molar-refractivity contribution in [1.29, 1.82) is 0 Å². The summed E-state index contributed by atoms with van der Waals surface area (Å²) in [6, 6.07) is 3.79. The van der Waals surface area contributed by atoms with Gasteiger partial charge in [-0.3, -0.25) is 0 Å². The Labute approximate surface area is 91.8 Å². The Kier molecular flexibility index (Phi) is 2.64. The molecule has 0 amide bonds. The fourth-order valence-corrected chi connectivity index (χ4v) is 2.22. The van der Waals surface area contributed by atoms with Gasteiger partial charge in [0.2, 0.25) is 0 Å². The summed E-state index contributed by atoms with van der Waals surface area (Å²) in [7, 11) is 5.12. The lowest BCUT2D eigenvalue weighted by molar-refractivity contribution is 0.397. The third-order valence-electron chi connectivity index (χ3n) is 2.10. The molecule has 2 aromatic rings. The summed E-state index contributed by atoms with van der Waals surface area (Å²) in [5.41, 5.74) is 0.868. The van der Waals surface area contributed by atoms with Crippen molar-refractivity contribution in [1.82, 2.24) is 4.98 Å². The van der Waals surface area contributed by atoms with Gasteiger partial charge in [0.15, 0.2) is 5.13 Å². The zero-order valence-electron chi connectivity index (χ0n) is 8.83. The smallest absolute Gasteiger partial charge is 0.183 e. The van der Waals surface area contributed by atoms with E-state index in [1.807, 2.05) is 19.2 Å². The molecule has 0 radical (unpaired) electrons. The van der Waals surface area contributed by atoms with Crippen LogP contribution in [0.4, 0.5) is 5.13 Å². The van der Waals surface area contributed by atoms with E-state index >= 15 is 0 Å². The topological polar surface area (TPSA) is 43.4 Å². The van der Waals surface area contributed by atoms with E-state index in [9.17, 15) is 0 Å². The molecule has 0 aliphatic heterocycles. The minimum Gasteiger partial charge on any atom is -0.497 e. The second-order valence-electron chi connectivity index (χ2n) is 2.95. The Bertz CT molecular complexity index is 481. The van der Waals surface area contributed by atoms with Crippen LogP contribution in [-0.4, -0.2) is 26.3 Å². The first-order valence-corrected chi connectivity index (χ1v) is 5.30. The average Bonchev–Trinajstić information content (AvgIpc) is 2.70. The second kappa shape index (κ2) is 3.94. The third-order valence-corrected chi connectivity index (χ3v) is 3.12. The molecule has 1 heterocycles. The number of benzene rings is 1. The molecule has 0 spiro atoms. The molecule has 80 valence electrons. The predicted octanol–water partition coefficient (Wildman–Crippen LogP) is 2.36. The van der Waals surface area contributed by atoms with Crippen LogP contribution in [-0.2, 0) is 0 Å². The van der Waals surface area contributed by atoms with E-state index in [1.54, 1.807) is 25.6 Å². The van der Waals surface area contributed by atoms with Gasteiger partial charge in [0.1, 0.15) is 17.0 Å². The molecule has 0 atom stereocenters. The molecule has 0 bridgehead atoms. The van der Waals surface area contributed by atoms with Gasteiger partial charge in [0.05, 0.1) is 18.9 Å². The monoisotopic (exact) mass is 224 g/mol. The fourth-order valence-electron chi connectivity index (χ4n) is 1.36. The molecule has 1 aromatic heterocycles. The van der Waals surface area contributed by atoms with E-state index in [4.69, 9.17) is 9.47 Å². The standard InChI is InChI=1S/C10H12N2O2S/c1-11-10-12-9-7(14-3)4-6(13-2)5-8(9)15-10/h4-5H,1-3H3,(H,11,12). The van der Waals surface area contributed by atoms with Crippen molar-refractivity contribution >= 4 is 26.7 Å². The van der Waals surface area contributed by atoms with Crippen LogP contribution < -0.4 is 14.8 Å². The number of fused-ring (bicyclic) bond motifs is 1. The lowest BCUT2D eigenvalue weighted by Gasteiger charge is -2.03. The Balaban J connectivity index is 2.66. The number of aromatic nitrogens is 1. The largest absolute Gasteiger partial charge is 0.497 e. The van der Waals surface area contributed by atoms with Gasteiger partial charge in [-0.2, -0.15) is 0 Å². The number of anilines is 1. The van der Waals surface area contributed by atoms with E-state index in [2.05, 4.69) is 10.3 Å². The molecule has 2 rings (SSSR count). The second-order valence-corrected chi connectivity index (χ2v) is 3.98. The lowest BCUT2D eigenvalue weighted by atomic mass is 10.3. The average molecular weight is 224 g/mol. The predicted molar refractivity (Wildman–Crippen MR) is 62.3 cm³/mol. The Morgan fingerprint density at radius 3 is 2.67 bits per heavy atom. The molecule has 0 unspecified atom stereocenters. The number of ether oxygens (including phenoxy) is 2. The van der Waals surface area contributed by atoms with Gasteiger partial charge in [-0.15, -0.1) is 0 Å². The molecule has 0 aliphatic rings. The summed E-state index contributed by atoms with van der Waals surface area (Å²) in [6.45, 7) is 0.